The summed E-state index contributed by atoms with van der Waals surface area (Å²) in [6.07, 6.45) is 6.76. The number of ether oxygens (including phenoxy) is 1. The molecule has 0 spiro atoms. The lowest BCUT2D eigenvalue weighted by molar-refractivity contribution is 0.0867. The fourth-order valence-electron chi connectivity index (χ4n) is 2.07. The SMILES string of the molecule is C[Si](C)(C)CCOCn1ccnc1/C=C/C(=O)c1cccc(N)c1. The summed E-state index contributed by atoms with van der Waals surface area (Å²) in [4.78, 5) is 16.4. The molecule has 0 bridgehead atoms. The van der Waals surface area contributed by atoms with Gasteiger partial charge in [-0.1, -0.05) is 31.8 Å². The number of imidazole rings is 1. The topological polar surface area (TPSA) is 70.1 Å². The van der Waals surface area contributed by atoms with E-state index in [0.717, 1.165) is 12.7 Å². The second kappa shape index (κ2) is 8.08. The van der Waals surface area contributed by atoms with Crippen LogP contribution in [-0.4, -0.2) is 30.0 Å². The van der Waals surface area contributed by atoms with E-state index in [4.69, 9.17) is 10.5 Å². The van der Waals surface area contributed by atoms with Crippen LogP contribution in [0.4, 0.5) is 5.69 Å². The van der Waals surface area contributed by atoms with Gasteiger partial charge in [-0.25, -0.2) is 4.98 Å². The molecule has 0 atom stereocenters. The van der Waals surface area contributed by atoms with Crippen LogP contribution in [0.1, 0.15) is 16.2 Å². The number of nitrogen functional groups attached to an aromatic ring is 1. The average molecular weight is 344 g/mol. The molecule has 1 aromatic heterocycles. The first-order chi connectivity index (χ1) is 11.3. The molecule has 0 unspecified atom stereocenters. The second-order valence-electron chi connectivity index (χ2n) is 6.93. The van der Waals surface area contributed by atoms with Gasteiger partial charge in [-0.05, 0) is 30.3 Å². The highest BCUT2D eigenvalue weighted by molar-refractivity contribution is 6.76. The summed E-state index contributed by atoms with van der Waals surface area (Å²) < 4.78 is 7.61. The maximum absolute atomic E-state index is 12.2. The van der Waals surface area contributed by atoms with Crippen molar-refractivity contribution in [2.24, 2.45) is 0 Å². The van der Waals surface area contributed by atoms with E-state index in [-0.39, 0.29) is 5.78 Å². The third-order valence-corrected chi connectivity index (χ3v) is 5.23. The van der Waals surface area contributed by atoms with Gasteiger partial charge in [0.1, 0.15) is 12.6 Å². The molecule has 2 aromatic rings. The quantitative estimate of drug-likeness (QED) is 0.261. The summed E-state index contributed by atoms with van der Waals surface area (Å²) in [5.41, 5.74) is 6.84. The fourth-order valence-corrected chi connectivity index (χ4v) is 2.82. The van der Waals surface area contributed by atoms with Crippen molar-refractivity contribution in [3.63, 3.8) is 0 Å². The zero-order valence-electron chi connectivity index (χ0n) is 14.5. The molecule has 0 saturated carbocycles. The first-order valence-corrected chi connectivity index (χ1v) is 11.7. The van der Waals surface area contributed by atoms with Crippen molar-refractivity contribution in [2.45, 2.75) is 32.4 Å². The highest BCUT2D eigenvalue weighted by Gasteiger charge is 2.12. The fraction of sp³-hybridized carbons (Fsp3) is 0.333. The molecule has 5 nitrogen and oxygen atoms in total. The van der Waals surface area contributed by atoms with Crippen LogP contribution in [0.3, 0.4) is 0 Å². The minimum absolute atomic E-state index is 0.100. The van der Waals surface area contributed by atoms with E-state index in [1.54, 1.807) is 36.5 Å². The number of aromatic nitrogens is 2. The molecule has 6 heteroatoms. The van der Waals surface area contributed by atoms with E-state index < -0.39 is 8.07 Å². The van der Waals surface area contributed by atoms with Gasteiger partial charge in [-0.2, -0.15) is 0 Å². The molecular formula is C18H25N3O2Si. The molecule has 24 heavy (non-hydrogen) atoms. The van der Waals surface area contributed by atoms with Crippen LogP contribution in [-0.2, 0) is 11.5 Å². The van der Waals surface area contributed by atoms with Gasteiger partial charge in [0.25, 0.3) is 0 Å². The first kappa shape index (κ1) is 18.2. The molecule has 128 valence electrons. The summed E-state index contributed by atoms with van der Waals surface area (Å²) in [7, 11) is -1.08. The van der Waals surface area contributed by atoms with Crippen molar-refractivity contribution >= 4 is 25.6 Å². The summed E-state index contributed by atoms with van der Waals surface area (Å²) in [5.74, 6) is 0.594. The second-order valence-corrected chi connectivity index (χ2v) is 12.5. The molecular weight excluding hydrogens is 318 g/mol. The van der Waals surface area contributed by atoms with E-state index in [1.165, 1.54) is 6.08 Å². The van der Waals surface area contributed by atoms with Crippen LogP contribution >= 0.6 is 0 Å². The van der Waals surface area contributed by atoms with Gasteiger partial charge < -0.3 is 15.0 Å². The van der Waals surface area contributed by atoms with Crippen LogP contribution in [0.15, 0.2) is 42.7 Å². The van der Waals surface area contributed by atoms with Crippen molar-refractivity contribution in [3.8, 4) is 0 Å². The van der Waals surface area contributed by atoms with E-state index in [2.05, 4.69) is 24.6 Å². The molecule has 0 amide bonds. The Morgan fingerprint density at radius 3 is 2.88 bits per heavy atom. The highest BCUT2D eigenvalue weighted by atomic mass is 28.3. The van der Waals surface area contributed by atoms with Crippen molar-refractivity contribution in [1.82, 2.24) is 9.55 Å². The van der Waals surface area contributed by atoms with Gasteiger partial charge >= 0.3 is 0 Å². The Kier molecular flexibility index (Phi) is 6.11. The molecule has 2 N–H and O–H groups in total. The number of carbonyl (C=O) groups excluding carboxylic acids is 1. The Balaban J connectivity index is 1.93. The number of ketones is 1. The van der Waals surface area contributed by atoms with E-state index >= 15 is 0 Å². The first-order valence-electron chi connectivity index (χ1n) is 8.02. The zero-order valence-corrected chi connectivity index (χ0v) is 15.5. The Hall–Kier alpha value is -2.18. The molecule has 1 heterocycles. The van der Waals surface area contributed by atoms with Gasteiger partial charge in [0.15, 0.2) is 5.78 Å². The Labute approximate surface area is 144 Å². The predicted molar refractivity (Wildman–Crippen MR) is 101 cm³/mol. The number of anilines is 1. The molecule has 1 aromatic carbocycles. The lowest BCUT2D eigenvalue weighted by atomic mass is 10.1. The predicted octanol–water partition coefficient (Wildman–Crippen LogP) is 3.67. The van der Waals surface area contributed by atoms with Gasteiger partial charge in [0.2, 0.25) is 0 Å². The Morgan fingerprint density at radius 2 is 2.17 bits per heavy atom. The van der Waals surface area contributed by atoms with Crippen LogP contribution in [0.25, 0.3) is 6.08 Å². The molecule has 0 fully saturated rings. The van der Waals surface area contributed by atoms with Gasteiger partial charge in [0.05, 0.1) is 0 Å². The number of nitrogens with two attached hydrogens (primary N) is 1. The van der Waals surface area contributed by atoms with E-state index in [1.807, 2.05) is 10.8 Å². The number of hydrogen-bond acceptors (Lipinski definition) is 4. The number of rotatable bonds is 8. The molecule has 2 rings (SSSR count). The summed E-state index contributed by atoms with van der Waals surface area (Å²) >= 11 is 0. The molecule has 0 aliphatic carbocycles. The van der Waals surface area contributed by atoms with Crippen LogP contribution in [0.5, 0.6) is 0 Å². The van der Waals surface area contributed by atoms with Gasteiger partial charge in [-0.3, -0.25) is 4.79 Å². The third-order valence-electron chi connectivity index (χ3n) is 3.53. The van der Waals surface area contributed by atoms with Gasteiger partial charge in [0, 0.05) is 38.3 Å². The van der Waals surface area contributed by atoms with Crippen molar-refractivity contribution in [2.75, 3.05) is 12.3 Å². The smallest absolute Gasteiger partial charge is 0.186 e. The van der Waals surface area contributed by atoms with Crippen molar-refractivity contribution in [1.29, 1.82) is 0 Å². The van der Waals surface area contributed by atoms with Crippen LogP contribution in [0, 0.1) is 0 Å². The number of nitrogens with zero attached hydrogens (tertiary/aromatic N) is 2. The zero-order chi connectivity index (χ0) is 17.6. The molecule has 0 aliphatic heterocycles. The maximum Gasteiger partial charge on any atom is 0.186 e. The number of benzene rings is 1. The largest absolute Gasteiger partial charge is 0.399 e. The highest BCUT2D eigenvalue weighted by Crippen LogP contribution is 2.10. The monoisotopic (exact) mass is 343 g/mol. The lowest BCUT2D eigenvalue weighted by Crippen LogP contribution is -2.22. The van der Waals surface area contributed by atoms with E-state index in [9.17, 15) is 4.79 Å². The van der Waals surface area contributed by atoms with Crippen LogP contribution in [0.2, 0.25) is 25.7 Å². The minimum atomic E-state index is -1.08. The standard InChI is InChI=1S/C18H25N3O2Si/c1-24(2,3)12-11-23-14-21-10-9-20-18(21)8-7-17(22)15-5-4-6-16(19)13-15/h4-10,13H,11-12,14,19H2,1-3H3/b8-7+. The number of allylic oxidation sites excluding steroid dienone is 1. The summed E-state index contributed by atoms with van der Waals surface area (Å²) in [6.45, 7) is 8.16. The number of carbonyl (C=O) groups is 1. The summed E-state index contributed by atoms with van der Waals surface area (Å²) in [5, 5.41) is 0. The van der Waals surface area contributed by atoms with Crippen LogP contribution < -0.4 is 5.73 Å². The van der Waals surface area contributed by atoms with Gasteiger partial charge in [-0.15, -0.1) is 0 Å². The minimum Gasteiger partial charge on any atom is -0.399 e. The third kappa shape index (κ3) is 5.79. The normalized spacial score (nSPS) is 12.0. The summed E-state index contributed by atoms with van der Waals surface area (Å²) in [6, 6.07) is 8.06. The molecule has 0 radical (unpaired) electrons. The lowest BCUT2D eigenvalue weighted by Gasteiger charge is -2.15. The van der Waals surface area contributed by atoms with E-state index in [0.29, 0.717) is 23.8 Å². The Morgan fingerprint density at radius 1 is 1.38 bits per heavy atom. The molecule has 0 saturated heterocycles. The van der Waals surface area contributed by atoms with Crippen molar-refractivity contribution in [3.05, 3.63) is 54.1 Å². The maximum atomic E-state index is 12.2. The van der Waals surface area contributed by atoms with Crippen molar-refractivity contribution < 1.29 is 9.53 Å². The number of hydrogen-bond donors (Lipinski definition) is 1. The Bertz CT molecular complexity index is 717. The average Bonchev–Trinajstić information content (AvgIpc) is 2.95. The molecule has 0 aliphatic rings.